The fourth-order valence-corrected chi connectivity index (χ4v) is 1.72. The van der Waals surface area contributed by atoms with E-state index in [9.17, 15) is 13.2 Å². The molecule has 0 spiro atoms. The van der Waals surface area contributed by atoms with E-state index in [1.54, 1.807) is 0 Å². The SMILES string of the molecule is CN(C)C(C)(C)C(=O)CCCS(C)(=O)=O. The van der Waals surface area contributed by atoms with Crippen LogP contribution in [0.1, 0.15) is 26.7 Å². The number of ketones is 1. The Bertz CT molecular complexity index is 318. The van der Waals surface area contributed by atoms with Gasteiger partial charge in [0.2, 0.25) is 0 Å². The summed E-state index contributed by atoms with van der Waals surface area (Å²) in [7, 11) is 0.732. The molecule has 0 bridgehead atoms. The summed E-state index contributed by atoms with van der Waals surface area (Å²) in [5.74, 6) is 0.165. The van der Waals surface area contributed by atoms with Crippen LogP contribution in [0.25, 0.3) is 0 Å². The van der Waals surface area contributed by atoms with Crippen LogP contribution in [-0.2, 0) is 14.6 Å². The molecule has 0 aliphatic carbocycles. The molecular formula is C10H21NO3S. The number of nitrogens with zero attached hydrogens (tertiary/aromatic N) is 1. The molecule has 90 valence electrons. The molecule has 0 unspecified atom stereocenters. The summed E-state index contributed by atoms with van der Waals surface area (Å²) in [6, 6.07) is 0. The number of sulfone groups is 1. The highest BCUT2D eigenvalue weighted by Crippen LogP contribution is 2.14. The van der Waals surface area contributed by atoms with Crippen molar-refractivity contribution in [3.63, 3.8) is 0 Å². The molecule has 0 amide bonds. The van der Waals surface area contributed by atoms with Gasteiger partial charge in [0.15, 0.2) is 5.78 Å². The second-order valence-electron chi connectivity index (χ2n) is 4.61. The molecule has 0 rings (SSSR count). The number of carbonyl (C=O) groups is 1. The van der Waals surface area contributed by atoms with E-state index >= 15 is 0 Å². The largest absolute Gasteiger partial charge is 0.298 e. The normalized spacial score (nSPS) is 13.2. The van der Waals surface area contributed by atoms with E-state index in [2.05, 4.69) is 0 Å². The second kappa shape index (κ2) is 5.07. The molecule has 0 fully saturated rings. The fraction of sp³-hybridized carbons (Fsp3) is 0.900. The van der Waals surface area contributed by atoms with E-state index in [0.29, 0.717) is 12.8 Å². The monoisotopic (exact) mass is 235 g/mol. The molecule has 0 saturated heterocycles. The third-order valence-electron chi connectivity index (χ3n) is 2.72. The van der Waals surface area contributed by atoms with Gasteiger partial charge in [-0.15, -0.1) is 0 Å². The summed E-state index contributed by atoms with van der Waals surface area (Å²) in [6.07, 6.45) is 1.92. The molecule has 0 heterocycles. The average Bonchev–Trinajstić information content (AvgIpc) is 2.01. The standard InChI is InChI=1S/C10H21NO3S/c1-10(2,11(3)4)9(12)7-6-8-15(5,13)14/h6-8H2,1-5H3. The summed E-state index contributed by atoms with van der Waals surface area (Å²) in [6.45, 7) is 3.69. The van der Waals surface area contributed by atoms with E-state index in [0.717, 1.165) is 0 Å². The van der Waals surface area contributed by atoms with Crippen LogP contribution < -0.4 is 0 Å². The highest BCUT2D eigenvalue weighted by atomic mass is 32.2. The zero-order valence-electron chi connectivity index (χ0n) is 10.2. The van der Waals surface area contributed by atoms with Crippen molar-refractivity contribution in [1.82, 2.24) is 4.90 Å². The molecule has 0 aromatic heterocycles. The van der Waals surface area contributed by atoms with Crippen molar-refractivity contribution in [2.24, 2.45) is 0 Å². The van der Waals surface area contributed by atoms with Gasteiger partial charge in [-0.3, -0.25) is 9.69 Å². The molecular weight excluding hydrogens is 214 g/mol. The van der Waals surface area contributed by atoms with Crippen molar-refractivity contribution < 1.29 is 13.2 Å². The first-order chi connectivity index (χ1) is 6.57. The van der Waals surface area contributed by atoms with Gasteiger partial charge in [0.1, 0.15) is 9.84 Å². The molecule has 0 atom stereocenters. The number of hydrogen-bond acceptors (Lipinski definition) is 4. The number of likely N-dealkylation sites (N-methyl/N-ethyl adjacent to an activating group) is 1. The van der Waals surface area contributed by atoms with Crippen molar-refractivity contribution >= 4 is 15.6 Å². The third-order valence-corrected chi connectivity index (χ3v) is 3.75. The van der Waals surface area contributed by atoms with Gasteiger partial charge in [0, 0.05) is 12.7 Å². The maximum absolute atomic E-state index is 11.8. The van der Waals surface area contributed by atoms with Crippen molar-refractivity contribution in [3.05, 3.63) is 0 Å². The molecule has 15 heavy (non-hydrogen) atoms. The lowest BCUT2D eigenvalue weighted by Crippen LogP contribution is -2.45. The number of carbonyl (C=O) groups excluding carboxylic acids is 1. The number of hydrogen-bond donors (Lipinski definition) is 0. The van der Waals surface area contributed by atoms with Gasteiger partial charge in [-0.05, 0) is 34.4 Å². The molecule has 4 nitrogen and oxygen atoms in total. The van der Waals surface area contributed by atoms with E-state index in [4.69, 9.17) is 0 Å². The molecule has 5 heteroatoms. The Balaban J connectivity index is 4.17. The minimum absolute atomic E-state index is 0.0798. The van der Waals surface area contributed by atoms with Gasteiger partial charge in [-0.25, -0.2) is 8.42 Å². The van der Waals surface area contributed by atoms with Crippen molar-refractivity contribution in [2.45, 2.75) is 32.2 Å². The first-order valence-corrected chi connectivity index (χ1v) is 7.02. The van der Waals surface area contributed by atoms with Crippen molar-refractivity contribution in [1.29, 1.82) is 0 Å². The van der Waals surface area contributed by atoms with E-state index < -0.39 is 15.4 Å². The molecule has 0 aliphatic rings. The molecule has 0 N–H and O–H groups in total. The van der Waals surface area contributed by atoms with Crippen molar-refractivity contribution in [2.75, 3.05) is 26.1 Å². The minimum atomic E-state index is -2.95. The Labute approximate surface area is 92.6 Å². The highest BCUT2D eigenvalue weighted by Gasteiger charge is 2.28. The van der Waals surface area contributed by atoms with Gasteiger partial charge >= 0.3 is 0 Å². The smallest absolute Gasteiger partial charge is 0.152 e. The van der Waals surface area contributed by atoms with Crippen LogP contribution in [0.15, 0.2) is 0 Å². The van der Waals surface area contributed by atoms with E-state index in [1.165, 1.54) is 6.26 Å². The second-order valence-corrected chi connectivity index (χ2v) is 6.87. The lowest BCUT2D eigenvalue weighted by molar-refractivity contribution is -0.127. The Morgan fingerprint density at radius 1 is 1.27 bits per heavy atom. The Morgan fingerprint density at radius 2 is 1.73 bits per heavy atom. The van der Waals surface area contributed by atoms with Gasteiger partial charge in [0.25, 0.3) is 0 Å². The zero-order valence-corrected chi connectivity index (χ0v) is 11.0. The quantitative estimate of drug-likeness (QED) is 0.681. The highest BCUT2D eigenvalue weighted by molar-refractivity contribution is 7.90. The van der Waals surface area contributed by atoms with Crippen LogP contribution in [0.5, 0.6) is 0 Å². The predicted molar refractivity (Wildman–Crippen MR) is 61.7 cm³/mol. The first kappa shape index (κ1) is 14.6. The first-order valence-electron chi connectivity index (χ1n) is 4.96. The van der Waals surface area contributed by atoms with E-state index in [-0.39, 0.29) is 11.5 Å². The maximum Gasteiger partial charge on any atom is 0.152 e. The van der Waals surface area contributed by atoms with Gasteiger partial charge in [0.05, 0.1) is 11.3 Å². The lowest BCUT2D eigenvalue weighted by atomic mass is 9.94. The molecule has 0 saturated carbocycles. The lowest BCUT2D eigenvalue weighted by Gasteiger charge is -2.30. The third kappa shape index (κ3) is 5.28. The summed E-state index contributed by atoms with van der Waals surface area (Å²) in [5, 5.41) is 0. The average molecular weight is 235 g/mol. The number of Topliss-reactive ketones (excluding diaryl/α,β-unsaturated/α-hetero) is 1. The zero-order chi connectivity index (χ0) is 12.3. The van der Waals surface area contributed by atoms with Gasteiger partial charge < -0.3 is 0 Å². The Morgan fingerprint density at radius 3 is 2.07 bits per heavy atom. The van der Waals surface area contributed by atoms with E-state index in [1.807, 2.05) is 32.8 Å². The molecule has 0 radical (unpaired) electrons. The Hall–Kier alpha value is -0.420. The predicted octanol–water partition coefficient (Wildman–Crippen LogP) is 0.721. The van der Waals surface area contributed by atoms with Gasteiger partial charge in [-0.1, -0.05) is 0 Å². The van der Waals surface area contributed by atoms with Crippen LogP contribution >= 0.6 is 0 Å². The van der Waals surface area contributed by atoms with Crippen LogP contribution in [0.2, 0.25) is 0 Å². The molecule has 0 aromatic carbocycles. The minimum Gasteiger partial charge on any atom is -0.298 e. The van der Waals surface area contributed by atoms with Crippen molar-refractivity contribution in [3.8, 4) is 0 Å². The molecule has 0 aliphatic heterocycles. The topological polar surface area (TPSA) is 54.5 Å². The number of rotatable bonds is 6. The van der Waals surface area contributed by atoms with Crippen LogP contribution in [0, 0.1) is 0 Å². The summed E-state index contributed by atoms with van der Waals surface area (Å²) < 4.78 is 21.7. The summed E-state index contributed by atoms with van der Waals surface area (Å²) in [5.41, 5.74) is -0.516. The fourth-order valence-electron chi connectivity index (χ4n) is 1.05. The Kier molecular flexibility index (Phi) is 4.93. The summed E-state index contributed by atoms with van der Waals surface area (Å²) in [4.78, 5) is 13.6. The maximum atomic E-state index is 11.8. The van der Waals surface area contributed by atoms with Crippen LogP contribution in [-0.4, -0.2) is 50.7 Å². The van der Waals surface area contributed by atoms with Crippen LogP contribution in [0.3, 0.4) is 0 Å². The molecule has 0 aromatic rings. The summed E-state index contributed by atoms with van der Waals surface area (Å²) >= 11 is 0. The van der Waals surface area contributed by atoms with Gasteiger partial charge in [-0.2, -0.15) is 0 Å². The van der Waals surface area contributed by atoms with Crippen LogP contribution in [0.4, 0.5) is 0 Å².